The Hall–Kier alpha value is -3.62. The van der Waals surface area contributed by atoms with E-state index in [0.717, 1.165) is 26.9 Å². The van der Waals surface area contributed by atoms with Crippen molar-refractivity contribution in [2.45, 2.75) is 31.3 Å². The first-order chi connectivity index (χ1) is 18.0. The maximum absolute atomic E-state index is 13.9. The van der Waals surface area contributed by atoms with Crippen molar-refractivity contribution in [3.05, 3.63) is 109 Å². The number of hydrogen-bond donors (Lipinski definition) is 0. The Kier molecular flexibility index (Phi) is 7.04. The van der Waals surface area contributed by atoms with Crippen molar-refractivity contribution < 1.29 is 9.53 Å². The van der Waals surface area contributed by atoms with E-state index < -0.39 is 12.0 Å². The van der Waals surface area contributed by atoms with Gasteiger partial charge in [0.05, 0.1) is 28.5 Å². The first kappa shape index (κ1) is 25.0. The van der Waals surface area contributed by atoms with E-state index in [-0.39, 0.29) is 12.2 Å². The number of carbonyl (C=O) groups is 1. The lowest BCUT2D eigenvalue weighted by Crippen LogP contribution is -2.39. The van der Waals surface area contributed by atoms with Gasteiger partial charge in [-0.1, -0.05) is 47.7 Å². The number of para-hydroxylation sites is 1. The number of thiazole rings is 1. The predicted molar refractivity (Wildman–Crippen MR) is 151 cm³/mol. The van der Waals surface area contributed by atoms with Crippen LogP contribution < -0.4 is 14.9 Å². The molecule has 1 unspecified atom stereocenters. The smallest absolute Gasteiger partial charge is 0.338 e. The highest BCUT2D eigenvalue weighted by atomic mass is 32.2. The number of allylic oxidation sites excluding steroid dienone is 2. The molecule has 1 atom stereocenters. The summed E-state index contributed by atoms with van der Waals surface area (Å²) in [4.78, 5) is 33.3. The summed E-state index contributed by atoms with van der Waals surface area (Å²) in [5.74, 6) is -0.454. The molecule has 0 saturated heterocycles. The van der Waals surface area contributed by atoms with Gasteiger partial charge in [0.1, 0.15) is 0 Å². The molecule has 37 heavy (non-hydrogen) atoms. The molecule has 0 saturated carbocycles. The van der Waals surface area contributed by atoms with E-state index in [4.69, 9.17) is 4.74 Å². The molecule has 0 radical (unpaired) electrons. The van der Waals surface area contributed by atoms with Gasteiger partial charge >= 0.3 is 5.97 Å². The number of rotatable bonds is 7. The van der Waals surface area contributed by atoms with Crippen LogP contribution >= 0.6 is 23.1 Å². The molecule has 0 aliphatic carbocycles. The maximum Gasteiger partial charge on any atom is 0.338 e. The van der Waals surface area contributed by atoms with Crippen LogP contribution in [0.5, 0.6) is 0 Å². The molecular weight excluding hydrogens is 502 g/mol. The van der Waals surface area contributed by atoms with Gasteiger partial charge in [-0.25, -0.2) is 9.79 Å². The quantitative estimate of drug-likeness (QED) is 0.198. The molecule has 2 aromatic carbocycles. The summed E-state index contributed by atoms with van der Waals surface area (Å²) in [6.45, 7) is 8.35. The van der Waals surface area contributed by atoms with Gasteiger partial charge in [0, 0.05) is 34.1 Å². The second-order valence-electron chi connectivity index (χ2n) is 8.62. The fraction of sp³-hybridized carbons (Fsp3) is 0.207. The zero-order valence-electron chi connectivity index (χ0n) is 20.9. The molecule has 0 amide bonds. The minimum atomic E-state index is -0.615. The molecule has 0 bridgehead atoms. The van der Waals surface area contributed by atoms with E-state index in [1.54, 1.807) is 30.2 Å². The Morgan fingerprint density at radius 3 is 2.68 bits per heavy atom. The summed E-state index contributed by atoms with van der Waals surface area (Å²) in [5, 5.41) is 1.06. The van der Waals surface area contributed by atoms with Crippen molar-refractivity contribution in [3.63, 3.8) is 0 Å². The number of carbonyl (C=O) groups excluding carboxylic acids is 1. The fourth-order valence-electron chi connectivity index (χ4n) is 4.71. The van der Waals surface area contributed by atoms with Crippen molar-refractivity contribution in [1.29, 1.82) is 0 Å². The van der Waals surface area contributed by atoms with E-state index in [2.05, 4.69) is 28.3 Å². The average Bonchev–Trinajstić information content (AvgIpc) is 3.40. The minimum Gasteiger partial charge on any atom is -0.463 e. The summed E-state index contributed by atoms with van der Waals surface area (Å²) < 4.78 is 9.69. The minimum absolute atomic E-state index is 0.183. The zero-order valence-corrected chi connectivity index (χ0v) is 22.6. The Balaban J connectivity index is 1.73. The molecule has 1 aliphatic rings. The first-order valence-electron chi connectivity index (χ1n) is 12.0. The van der Waals surface area contributed by atoms with Gasteiger partial charge in [-0.05, 0) is 49.9 Å². The molecule has 8 heteroatoms. The molecular formula is C29H27N3O3S2. The second kappa shape index (κ2) is 10.4. The highest BCUT2D eigenvalue weighted by Crippen LogP contribution is 2.31. The largest absolute Gasteiger partial charge is 0.463 e. The van der Waals surface area contributed by atoms with Crippen LogP contribution in [0.4, 0.5) is 0 Å². The fourth-order valence-corrected chi connectivity index (χ4v) is 6.16. The Labute approximate surface area is 222 Å². The first-order valence-corrected chi connectivity index (χ1v) is 14.0. The Morgan fingerprint density at radius 2 is 1.97 bits per heavy atom. The van der Waals surface area contributed by atoms with Gasteiger partial charge in [0.15, 0.2) is 4.80 Å². The lowest BCUT2D eigenvalue weighted by Gasteiger charge is -2.24. The van der Waals surface area contributed by atoms with Crippen LogP contribution in [0, 0.1) is 0 Å². The van der Waals surface area contributed by atoms with Crippen LogP contribution in [0.1, 0.15) is 31.0 Å². The van der Waals surface area contributed by atoms with E-state index in [9.17, 15) is 9.59 Å². The third-order valence-corrected chi connectivity index (χ3v) is 8.11. The monoisotopic (exact) mass is 529 g/mol. The number of ether oxygens (including phenoxy) is 1. The topological polar surface area (TPSA) is 65.6 Å². The third-order valence-electron chi connectivity index (χ3n) is 6.38. The lowest BCUT2D eigenvalue weighted by molar-refractivity contribution is -0.139. The molecule has 4 aromatic rings. The Morgan fingerprint density at radius 1 is 1.22 bits per heavy atom. The lowest BCUT2D eigenvalue weighted by atomic mass is 9.96. The maximum atomic E-state index is 13.9. The van der Waals surface area contributed by atoms with Crippen LogP contribution in [-0.2, 0) is 16.1 Å². The van der Waals surface area contributed by atoms with Crippen LogP contribution in [0.15, 0.2) is 93.3 Å². The number of aromatic nitrogens is 2. The highest BCUT2D eigenvalue weighted by Gasteiger charge is 2.33. The van der Waals surface area contributed by atoms with Crippen LogP contribution in [0.25, 0.3) is 17.0 Å². The molecule has 6 nitrogen and oxygen atoms in total. The number of esters is 1. The van der Waals surface area contributed by atoms with Crippen molar-refractivity contribution in [1.82, 2.24) is 9.13 Å². The second-order valence-corrected chi connectivity index (χ2v) is 10.5. The third kappa shape index (κ3) is 4.51. The normalized spacial score (nSPS) is 15.5. The van der Waals surface area contributed by atoms with E-state index in [1.807, 2.05) is 61.0 Å². The standard InChI is InChI=1S/C29H27N3O3S2/c1-5-15-31-17-20(22-9-7-8-10-23(22)31)16-24-27(33)32-26(19-11-13-21(36-4)14-12-19)25(28(34)35-6-2)18(3)30-29(32)37-24/h5,7-14,16-17,26H,1,6,15H2,2-4H3/b24-16+. The van der Waals surface area contributed by atoms with Crippen molar-refractivity contribution in [2.75, 3.05) is 12.9 Å². The molecule has 3 heterocycles. The van der Waals surface area contributed by atoms with Crippen molar-refractivity contribution in [3.8, 4) is 0 Å². The summed E-state index contributed by atoms with van der Waals surface area (Å²) in [6.07, 6.45) is 7.83. The molecule has 188 valence electrons. The number of benzene rings is 2. The molecule has 2 aromatic heterocycles. The van der Waals surface area contributed by atoms with Crippen LogP contribution in [-0.4, -0.2) is 28.0 Å². The molecule has 5 rings (SSSR count). The van der Waals surface area contributed by atoms with Gasteiger partial charge in [-0.3, -0.25) is 9.36 Å². The van der Waals surface area contributed by atoms with Gasteiger partial charge in [0.25, 0.3) is 5.56 Å². The number of fused-ring (bicyclic) bond motifs is 2. The number of nitrogens with zero attached hydrogens (tertiary/aromatic N) is 3. The van der Waals surface area contributed by atoms with Crippen LogP contribution in [0.2, 0.25) is 0 Å². The van der Waals surface area contributed by atoms with Crippen molar-refractivity contribution in [2.24, 2.45) is 4.99 Å². The number of hydrogen-bond acceptors (Lipinski definition) is 6. The molecule has 1 aliphatic heterocycles. The predicted octanol–water partition coefficient (Wildman–Crippen LogP) is 4.66. The SMILES string of the molecule is C=CCn1cc(/C=c2/sc3n(c2=O)C(c2ccc(SC)cc2)C(C(=O)OCC)=C(C)N=3)c2ccccc21. The van der Waals surface area contributed by atoms with Gasteiger partial charge in [0.2, 0.25) is 0 Å². The summed E-state index contributed by atoms with van der Waals surface area (Å²) in [6, 6.07) is 15.4. The Bertz CT molecular complexity index is 1720. The molecule has 0 fully saturated rings. The summed E-state index contributed by atoms with van der Waals surface area (Å²) in [5.41, 5.74) is 3.63. The van der Waals surface area contributed by atoms with Gasteiger partial charge < -0.3 is 9.30 Å². The number of thioether (sulfide) groups is 1. The summed E-state index contributed by atoms with van der Waals surface area (Å²) in [7, 11) is 0. The van der Waals surface area contributed by atoms with E-state index in [1.165, 1.54) is 11.3 Å². The molecule has 0 spiro atoms. The van der Waals surface area contributed by atoms with Crippen molar-refractivity contribution >= 4 is 46.0 Å². The zero-order chi connectivity index (χ0) is 26.1. The van der Waals surface area contributed by atoms with E-state index >= 15 is 0 Å². The van der Waals surface area contributed by atoms with Crippen LogP contribution in [0.3, 0.4) is 0 Å². The average molecular weight is 530 g/mol. The van der Waals surface area contributed by atoms with Gasteiger partial charge in [-0.2, -0.15) is 0 Å². The van der Waals surface area contributed by atoms with Gasteiger partial charge in [-0.15, -0.1) is 18.3 Å². The molecule has 0 N–H and O–H groups in total. The summed E-state index contributed by atoms with van der Waals surface area (Å²) >= 11 is 2.97. The highest BCUT2D eigenvalue weighted by molar-refractivity contribution is 7.98. The van der Waals surface area contributed by atoms with E-state index in [0.29, 0.717) is 27.1 Å².